The van der Waals surface area contributed by atoms with E-state index in [9.17, 15) is 8.42 Å². The van der Waals surface area contributed by atoms with Crippen molar-refractivity contribution in [3.8, 4) is 0 Å². The van der Waals surface area contributed by atoms with Crippen LogP contribution in [0.15, 0.2) is 6.33 Å². The van der Waals surface area contributed by atoms with E-state index in [1.54, 1.807) is 0 Å². The van der Waals surface area contributed by atoms with Crippen LogP contribution in [0.3, 0.4) is 0 Å². The molecular weight excluding hydrogens is 190 g/mol. The molecule has 1 heterocycles. The summed E-state index contributed by atoms with van der Waals surface area (Å²) in [5, 5.41) is 2.41. The van der Waals surface area contributed by atoms with Gasteiger partial charge in [-0.15, -0.1) is 0 Å². The lowest BCUT2D eigenvalue weighted by molar-refractivity contribution is 0.466. The topological polar surface area (TPSA) is 88.0 Å². The Morgan fingerprint density at radius 2 is 2.45 bits per heavy atom. The molecule has 0 amide bonds. The third kappa shape index (κ3) is 2.78. The highest BCUT2D eigenvalue weighted by molar-refractivity contribution is 7.84. The lowest BCUT2D eigenvalue weighted by Gasteiger charge is -1.95. The van der Waals surface area contributed by atoms with Crippen molar-refractivity contribution >= 4 is 22.3 Å². The monoisotopic (exact) mass is 195 g/mol. The molecule has 0 spiro atoms. The van der Waals surface area contributed by atoms with E-state index < -0.39 is 16.0 Å². The van der Waals surface area contributed by atoms with Gasteiger partial charge >= 0.3 is 0 Å². The summed E-state index contributed by atoms with van der Waals surface area (Å²) in [6.07, 6.45) is 1.19. The number of aromatic amines is 1. The summed E-state index contributed by atoms with van der Waals surface area (Å²) >= 11 is 4.56. The van der Waals surface area contributed by atoms with Gasteiger partial charge in [0.25, 0.3) is 10.1 Å². The van der Waals surface area contributed by atoms with Gasteiger partial charge in [0, 0.05) is 0 Å². The van der Waals surface area contributed by atoms with Crippen LogP contribution in [0.4, 0.5) is 0 Å². The molecule has 0 unspecified atom stereocenters. The van der Waals surface area contributed by atoms with Crippen molar-refractivity contribution < 1.29 is 13.0 Å². The quantitative estimate of drug-likeness (QED) is 0.503. The number of nitrogens with one attached hydrogen (secondary N) is 1. The van der Waals surface area contributed by atoms with Crippen molar-refractivity contribution in [3.63, 3.8) is 0 Å². The van der Waals surface area contributed by atoms with Gasteiger partial charge in [-0.3, -0.25) is 14.3 Å². The van der Waals surface area contributed by atoms with Crippen LogP contribution >= 0.6 is 12.2 Å². The summed E-state index contributed by atoms with van der Waals surface area (Å²) in [7, 11) is -4.02. The third-order valence-corrected chi connectivity index (χ3v) is 1.66. The highest BCUT2D eigenvalue weighted by Crippen LogP contribution is 1.88. The van der Waals surface area contributed by atoms with E-state index in [0.29, 0.717) is 0 Å². The fraction of sp³-hybridized carbons (Fsp3) is 0.333. The maximum absolute atomic E-state index is 10.3. The minimum atomic E-state index is -4.02. The standard InChI is InChI=1S/C3H5N3O3S2/c7-11(8,9)2-6-1-4-3(10)5-6/h1H,2H2,(H,5,10)(H,7,8,9). The Morgan fingerprint density at radius 1 is 1.82 bits per heavy atom. The maximum Gasteiger partial charge on any atom is 0.285 e. The highest BCUT2D eigenvalue weighted by Gasteiger charge is 2.04. The van der Waals surface area contributed by atoms with E-state index >= 15 is 0 Å². The van der Waals surface area contributed by atoms with E-state index in [0.717, 1.165) is 4.68 Å². The number of hydrogen-bond acceptors (Lipinski definition) is 4. The summed E-state index contributed by atoms with van der Waals surface area (Å²) in [5.41, 5.74) is 0. The van der Waals surface area contributed by atoms with Gasteiger partial charge in [0.05, 0.1) is 0 Å². The lowest BCUT2D eigenvalue weighted by Crippen LogP contribution is -2.09. The van der Waals surface area contributed by atoms with Gasteiger partial charge in [0.2, 0.25) is 4.77 Å². The van der Waals surface area contributed by atoms with Crippen LogP contribution in [0.25, 0.3) is 0 Å². The van der Waals surface area contributed by atoms with Crippen molar-refractivity contribution in [2.45, 2.75) is 5.88 Å². The van der Waals surface area contributed by atoms with Crippen LogP contribution < -0.4 is 0 Å². The normalized spacial score (nSPS) is 11.7. The van der Waals surface area contributed by atoms with E-state index in [1.165, 1.54) is 6.33 Å². The largest absolute Gasteiger partial charge is 0.285 e. The van der Waals surface area contributed by atoms with Gasteiger partial charge < -0.3 is 0 Å². The second-order valence-electron chi connectivity index (χ2n) is 1.84. The second kappa shape index (κ2) is 2.72. The van der Waals surface area contributed by atoms with E-state index in [4.69, 9.17) is 4.55 Å². The molecule has 0 saturated carbocycles. The molecule has 6 nitrogen and oxygen atoms in total. The first kappa shape index (κ1) is 8.37. The Hall–Kier alpha value is -0.730. The summed E-state index contributed by atoms with van der Waals surface area (Å²) < 4.78 is 30.1. The molecule has 1 aromatic heterocycles. The van der Waals surface area contributed by atoms with Gasteiger partial charge in [0.1, 0.15) is 6.33 Å². The average Bonchev–Trinajstić information content (AvgIpc) is 2.10. The molecule has 11 heavy (non-hydrogen) atoms. The summed E-state index contributed by atoms with van der Waals surface area (Å²) in [4.78, 5) is 3.55. The lowest BCUT2D eigenvalue weighted by atomic mass is 11.2. The molecule has 62 valence electrons. The molecule has 1 aromatic rings. The molecule has 0 radical (unpaired) electrons. The van der Waals surface area contributed by atoms with E-state index in [-0.39, 0.29) is 4.77 Å². The van der Waals surface area contributed by atoms with Crippen molar-refractivity contribution in [1.29, 1.82) is 0 Å². The first-order chi connectivity index (χ1) is 4.97. The van der Waals surface area contributed by atoms with Gasteiger partial charge in [-0.05, 0) is 12.2 Å². The van der Waals surface area contributed by atoms with Crippen molar-refractivity contribution in [2.24, 2.45) is 0 Å². The molecule has 0 aromatic carbocycles. The Kier molecular flexibility index (Phi) is 2.07. The highest BCUT2D eigenvalue weighted by atomic mass is 32.2. The Bertz CT molecular complexity index is 388. The van der Waals surface area contributed by atoms with Gasteiger partial charge in [-0.25, -0.2) is 4.98 Å². The Morgan fingerprint density at radius 3 is 2.82 bits per heavy atom. The summed E-state index contributed by atoms with van der Waals surface area (Å²) in [5.74, 6) is -0.559. The number of aromatic nitrogens is 3. The smallest absolute Gasteiger partial charge is 0.284 e. The van der Waals surface area contributed by atoms with Crippen molar-refractivity contribution in [3.05, 3.63) is 11.1 Å². The molecule has 0 bridgehead atoms. The molecule has 0 aliphatic carbocycles. The van der Waals surface area contributed by atoms with Crippen LogP contribution in [-0.2, 0) is 16.0 Å². The zero-order valence-electron chi connectivity index (χ0n) is 5.26. The Labute approximate surface area is 67.6 Å². The maximum atomic E-state index is 10.3. The van der Waals surface area contributed by atoms with Crippen molar-refractivity contribution in [1.82, 2.24) is 14.8 Å². The van der Waals surface area contributed by atoms with Crippen LogP contribution in [0.5, 0.6) is 0 Å². The fourth-order valence-electron chi connectivity index (χ4n) is 0.544. The minimum absolute atomic E-state index is 0.175. The fourth-order valence-corrected chi connectivity index (χ4v) is 1.19. The van der Waals surface area contributed by atoms with Crippen molar-refractivity contribution in [2.75, 3.05) is 0 Å². The third-order valence-electron chi connectivity index (χ3n) is 0.856. The molecule has 0 aliphatic rings. The van der Waals surface area contributed by atoms with Crippen LogP contribution in [0, 0.1) is 4.77 Å². The zero-order valence-corrected chi connectivity index (χ0v) is 6.89. The van der Waals surface area contributed by atoms with Gasteiger partial charge in [-0.1, -0.05) is 0 Å². The molecule has 0 aliphatic heterocycles. The first-order valence-electron chi connectivity index (χ1n) is 2.54. The van der Waals surface area contributed by atoms with Gasteiger partial charge in [0.15, 0.2) is 5.88 Å². The average molecular weight is 195 g/mol. The van der Waals surface area contributed by atoms with E-state index in [1.807, 2.05) is 0 Å². The summed E-state index contributed by atoms with van der Waals surface area (Å²) in [6, 6.07) is 0. The Balaban J connectivity index is 2.90. The number of rotatable bonds is 2. The molecule has 1 rings (SSSR count). The number of nitrogens with zero attached hydrogens (tertiary/aromatic N) is 2. The number of hydrogen-bond donors (Lipinski definition) is 2. The van der Waals surface area contributed by atoms with Crippen LogP contribution in [0.1, 0.15) is 0 Å². The molecule has 0 fully saturated rings. The van der Waals surface area contributed by atoms with Crippen LogP contribution in [-0.4, -0.2) is 27.7 Å². The number of H-pyrrole nitrogens is 1. The molecule has 8 heteroatoms. The first-order valence-corrected chi connectivity index (χ1v) is 4.56. The molecular formula is C3H5N3O3S2. The molecule has 2 N–H and O–H groups in total. The predicted molar refractivity (Wildman–Crippen MR) is 39.0 cm³/mol. The van der Waals surface area contributed by atoms with Gasteiger partial charge in [-0.2, -0.15) is 8.42 Å². The predicted octanol–water partition coefficient (Wildman–Crippen LogP) is -0.214. The minimum Gasteiger partial charge on any atom is -0.284 e. The zero-order chi connectivity index (χ0) is 8.48. The SMILES string of the molecule is O=S(=O)(O)Cn1cnc(=S)[nH]1. The molecule has 0 saturated heterocycles. The van der Waals surface area contributed by atoms with Crippen LogP contribution in [0.2, 0.25) is 0 Å². The van der Waals surface area contributed by atoms with E-state index in [2.05, 4.69) is 22.3 Å². The second-order valence-corrected chi connectivity index (χ2v) is 3.65. The summed E-state index contributed by atoms with van der Waals surface area (Å²) in [6.45, 7) is 0. The molecule has 0 atom stereocenters.